The molecule has 0 fully saturated rings. The number of rotatable bonds is 4. The Balaban J connectivity index is 3.20. The van der Waals surface area contributed by atoms with E-state index in [1.54, 1.807) is 0 Å². The van der Waals surface area contributed by atoms with Crippen LogP contribution in [-0.2, 0) is 21.1 Å². The molecule has 0 bridgehead atoms. The summed E-state index contributed by atoms with van der Waals surface area (Å²) in [6, 6.07) is 0.220. The van der Waals surface area contributed by atoms with Gasteiger partial charge >= 0.3 is 5.97 Å². The van der Waals surface area contributed by atoms with Crippen LogP contribution in [-0.4, -0.2) is 31.8 Å². The standard InChI is InChI=1S/C10H11F2NO4S/c1-18(16,17)9-6(11)2-5(3-7(9)12)4-8(13)10(14)15/h2-3,8H,4,13H2,1H3,(H,14,15). The van der Waals surface area contributed by atoms with Gasteiger partial charge in [0.25, 0.3) is 0 Å². The highest BCUT2D eigenvalue weighted by atomic mass is 32.2. The molecule has 0 aliphatic rings. The highest BCUT2D eigenvalue weighted by molar-refractivity contribution is 7.90. The number of carbonyl (C=O) groups is 1. The van der Waals surface area contributed by atoms with E-state index >= 15 is 0 Å². The van der Waals surface area contributed by atoms with E-state index in [0.717, 1.165) is 12.1 Å². The van der Waals surface area contributed by atoms with Crippen LogP contribution in [0, 0.1) is 11.6 Å². The van der Waals surface area contributed by atoms with E-state index < -0.39 is 38.4 Å². The number of carboxylic acid groups (broad SMARTS) is 1. The summed E-state index contributed by atoms with van der Waals surface area (Å²) in [5.74, 6) is -3.84. The van der Waals surface area contributed by atoms with Crippen LogP contribution in [0.2, 0.25) is 0 Å². The van der Waals surface area contributed by atoms with Gasteiger partial charge in [-0.25, -0.2) is 17.2 Å². The maximum atomic E-state index is 13.5. The molecule has 0 saturated carbocycles. The van der Waals surface area contributed by atoms with Crippen molar-refractivity contribution in [2.75, 3.05) is 6.26 Å². The van der Waals surface area contributed by atoms with Gasteiger partial charge in [-0.2, -0.15) is 0 Å². The first-order valence-corrected chi connectivity index (χ1v) is 6.68. The molecule has 0 radical (unpaired) electrons. The predicted molar refractivity (Wildman–Crippen MR) is 58.8 cm³/mol. The molecule has 100 valence electrons. The molecular formula is C10H11F2NO4S. The fraction of sp³-hybridized carbons (Fsp3) is 0.300. The van der Waals surface area contributed by atoms with Crippen molar-refractivity contribution >= 4 is 15.8 Å². The zero-order valence-corrected chi connectivity index (χ0v) is 10.2. The second-order valence-corrected chi connectivity index (χ2v) is 5.76. The number of nitrogens with two attached hydrogens (primary N) is 1. The van der Waals surface area contributed by atoms with Crippen LogP contribution in [0.5, 0.6) is 0 Å². The first-order chi connectivity index (χ1) is 8.12. The number of carboxylic acids is 1. The van der Waals surface area contributed by atoms with Crippen LogP contribution in [0.25, 0.3) is 0 Å². The molecule has 0 aliphatic carbocycles. The number of aliphatic carboxylic acids is 1. The van der Waals surface area contributed by atoms with Crippen LogP contribution in [0.1, 0.15) is 5.56 Å². The lowest BCUT2D eigenvalue weighted by Gasteiger charge is -2.09. The Morgan fingerprint density at radius 3 is 2.17 bits per heavy atom. The summed E-state index contributed by atoms with van der Waals surface area (Å²) >= 11 is 0. The summed E-state index contributed by atoms with van der Waals surface area (Å²) in [6.07, 6.45) is 0.379. The SMILES string of the molecule is CS(=O)(=O)c1c(F)cc(CC(N)C(=O)O)cc1F. The fourth-order valence-corrected chi connectivity index (χ4v) is 2.25. The number of hydrogen-bond acceptors (Lipinski definition) is 4. The summed E-state index contributed by atoms with van der Waals surface area (Å²) in [7, 11) is -4.02. The molecule has 1 atom stereocenters. The highest BCUT2D eigenvalue weighted by Gasteiger charge is 2.22. The molecule has 0 amide bonds. The normalized spacial score (nSPS) is 13.3. The first-order valence-electron chi connectivity index (χ1n) is 4.79. The van der Waals surface area contributed by atoms with Gasteiger partial charge in [-0.1, -0.05) is 0 Å². The summed E-state index contributed by atoms with van der Waals surface area (Å²) in [4.78, 5) is 9.46. The lowest BCUT2D eigenvalue weighted by atomic mass is 10.1. The highest BCUT2D eigenvalue weighted by Crippen LogP contribution is 2.21. The molecule has 0 aromatic heterocycles. The van der Waals surface area contributed by atoms with Crippen molar-refractivity contribution in [3.63, 3.8) is 0 Å². The number of hydrogen-bond donors (Lipinski definition) is 2. The molecule has 0 saturated heterocycles. The minimum atomic E-state index is -4.02. The van der Waals surface area contributed by atoms with E-state index in [1.807, 2.05) is 0 Å². The van der Waals surface area contributed by atoms with Crippen molar-refractivity contribution in [1.82, 2.24) is 0 Å². The van der Waals surface area contributed by atoms with Crippen LogP contribution >= 0.6 is 0 Å². The average Bonchev–Trinajstić information content (AvgIpc) is 2.13. The predicted octanol–water partition coefficient (Wildman–Crippen LogP) is 0.323. The molecule has 1 rings (SSSR count). The zero-order valence-electron chi connectivity index (χ0n) is 9.35. The topological polar surface area (TPSA) is 97.5 Å². The van der Waals surface area contributed by atoms with E-state index in [4.69, 9.17) is 10.8 Å². The lowest BCUT2D eigenvalue weighted by Crippen LogP contribution is -2.32. The van der Waals surface area contributed by atoms with E-state index in [9.17, 15) is 22.0 Å². The Morgan fingerprint density at radius 2 is 1.83 bits per heavy atom. The molecule has 0 spiro atoms. The van der Waals surface area contributed by atoms with Crippen molar-refractivity contribution < 1.29 is 27.1 Å². The summed E-state index contributed by atoms with van der Waals surface area (Å²) in [5, 5.41) is 8.56. The second-order valence-electron chi connectivity index (χ2n) is 3.81. The van der Waals surface area contributed by atoms with E-state index in [2.05, 4.69) is 0 Å². The van der Waals surface area contributed by atoms with Gasteiger partial charge in [0.1, 0.15) is 22.6 Å². The summed E-state index contributed by atoms with van der Waals surface area (Å²) in [6.45, 7) is 0. The van der Waals surface area contributed by atoms with Crippen LogP contribution in [0.3, 0.4) is 0 Å². The molecule has 1 aromatic rings. The maximum absolute atomic E-state index is 13.5. The van der Waals surface area contributed by atoms with Gasteiger partial charge in [-0.15, -0.1) is 0 Å². The third-order valence-electron chi connectivity index (χ3n) is 2.20. The van der Waals surface area contributed by atoms with Crippen molar-refractivity contribution in [3.8, 4) is 0 Å². The third-order valence-corrected chi connectivity index (χ3v) is 3.33. The Hall–Kier alpha value is -1.54. The van der Waals surface area contributed by atoms with E-state index in [1.165, 1.54) is 0 Å². The van der Waals surface area contributed by atoms with Crippen molar-refractivity contribution in [2.24, 2.45) is 5.73 Å². The van der Waals surface area contributed by atoms with Gasteiger partial charge in [-0.3, -0.25) is 4.79 Å². The van der Waals surface area contributed by atoms with E-state index in [0.29, 0.717) is 6.26 Å². The molecule has 8 heteroatoms. The zero-order chi connectivity index (χ0) is 14.1. The molecule has 1 unspecified atom stereocenters. The third kappa shape index (κ3) is 3.23. The maximum Gasteiger partial charge on any atom is 0.320 e. The smallest absolute Gasteiger partial charge is 0.320 e. The first kappa shape index (κ1) is 14.5. The Bertz CT molecular complexity index is 563. The molecule has 0 heterocycles. The van der Waals surface area contributed by atoms with Crippen molar-refractivity contribution in [1.29, 1.82) is 0 Å². The average molecular weight is 279 g/mol. The molecule has 18 heavy (non-hydrogen) atoms. The minimum absolute atomic E-state index is 0.0210. The van der Waals surface area contributed by atoms with Gasteiger partial charge in [0.15, 0.2) is 9.84 Å². The number of sulfone groups is 1. The Kier molecular flexibility index (Phi) is 4.02. The Morgan fingerprint density at radius 1 is 1.39 bits per heavy atom. The Labute approximate surface area is 102 Å². The molecule has 3 N–H and O–H groups in total. The minimum Gasteiger partial charge on any atom is -0.480 e. The molecule has 0 aliphatic heterocycles. The summed E-state index contributed by atoms with van der Waals surface area (Å²) in [5.41, 5.74) is 5.19. The molecule has 5 nitrogen and oxygen atoms in total. The number of benzene rings is 1. The monoisotopic (exact) mass is 279 g/mol. The van der Waals surface area contributed by atoms with Crippen LogP contribution < -0.4 is 5.73 Å². The van der Waals surface area contributed by atoms with Crippen LogP contribution in [0.4, 0.5) is 8.78 Å². The quantitative estimate of drug-likeness (QED) is 0.827. The van der Waals surface area contributed by atoms with Crippen molar-refractivity contribution in [2.45, 2.75) is 17.4 Å². The second kappa shape index (κ2) is 4.99. The van der Waals surface area contributed by atoms with Crippen LogP contribution in [0.15, 0.2) is 17.0 Å². The van der Waals surface area contributed by atoms with Gasteiger partial charge in [0, 0.05) is 6.26 Å². The molecular weight excluding hydrogens is 268 g/mol. The van der Waals surface area contributed by atoms with Gasteiger partial charge in [0.05, 0.1) is 0 Å². The largest absolute Gasteiger partial charge is 0.480 e. The van der Waals surface area contributed by atoms with Crippen molar-refractivity contribution in [3.05, 3.63) is 29.3 Å². The molecule has 1 aromatic carbocycles. The fourth-order valence-electron chi connectivity index (χ4n) is 1.43. The lowest BCUT2D eigenvalue weighted by molar-refractivity contribution is -0.138. The van der Waals surface area contributed by atoms with Gasteiger partial charge in [-0.05, 0) is 24.1 Å². The van der Waals surface area contributed by atoms with E-state index in [-0.39, 0.29) is 12.0 Å². The van der Waals surface area contributed by atoms with Gasteiger partial charge in [0.2, 0.25) is 0 Å². The summed E-state index contributed by atoms with van der Waals surface area (Å²) < 4.78 is 49.1. The van der Waals surface area contributed by atoms with Gasteiger partial charge < -0.3 is 10.8 Å². The number of halogens is 2.